The Bertz CT molecular complexity index is 316. The van der Waals surface area contributed by atoms with Crippen molar-refractivity contribution in [2.75, 3.05) is 17.6 Å². The van der Waals surface area contributed by atoms with Crippen LogP contribution in [0.1, 0.15) is 20.3 Å². The van der Waals surface area contributed by atoms with Crippen LogP contribution in [0.3, 0.4) is 0 Å². The molecule has 0 aliphatic rings. The van der Waals surface area contributed by atoms with Crippen LogP contribution in [0.5, 0.6) is 0 Å². The van der Waals surface area contributed by atoms with E-state index < -0.39 is 0 Å². The summed E-state index contributed by atoms with van der Waals surface area (Å²) < 4.78 is 0. The van der Waals surface area contributed by atoms with Crippen LogP contribution in [-0.4, -0.2) is 6.54 Å². The molecule has 1 unspecified atom stereocenters. The van der Waals surface area contributed by atoms with Crippen molar-refractivity contribution in [1.29, 1.82) is 0 Å². The van der Waals surface area contributed by atoms with Crippen molar-refractivity contribution in [3.05, 3.63) is 22.2 Å². The van der Waals surface area contributed by atoms with E-state index in [2.05, 4.69) is 19.2 Å². The van der Waals surface area contributed by atoms with E-state index in [9.17, 15) is 0 Å². The highest BCUT2D eigenvalue weighted by atomic mass is 35.5. The maximum atomic E-state index is 6.03. The smallest absolute Gasteiger partial charge is 0.0720 e. The van der Waals surface area contributed by atoms with Gasteiger partial charge in [0.25, 0.3) is 0 Å². The summed E-state index contributed by atoms with van der Waals surface area (Å²) in [5.41, 5.74) is 6.97. The maximum absolute atomic E-state index is 6.03. The van der Waals surface area contributed by atoms with E-state index in [1.54, 1.807) is 12.1 Å². The molecule has 0 aromatic heterocycles. The summed E-state index contributed by atoms with van der Waals surface area (Å²) in [6.45, 7) is 5.19. The van der Waals surface area contributed by atoms with E-state index in [1.807, 2.05) is 0 Å². The van der Waals surface area contributed by atoms with Gasteiger partial charge in [0, 0.05) is 12.2 Å². The SMILES string of the molecule is CCC(C)CNc1c(Cl)cc(N)cc1Cl. The molecule has 1 rings (SSSR count). The van der Waals surface area contributed by atoms with Gasteiger partial charge in [-0.3, -0.25) is 0 Å². The number of hydrogen-bond acceptors (Lipinski definition) is 2. The van der Waals surface area contributed by atoms with E-state index in [4.69, 9.17) is 28.9 Å². The van der Waals surface area contributed by atoms with Crippen molar-refractivity contribution in [2.45, 2.75) is 20.3 Å². The van der Waals surface area contributed by atoms with Gasteiger partial charge in [-0.2, -0.15) is 0 Å². The number of anilines is 2. The lowest BCUT2D eigenvalue weighted by molar-refractivity contribution is 0.593. The number of halogens is 2. The van der Waals surface area contributed by atoms with Crippen LogP contribution in [-0.2, 0) is 0 Å². The molecular formula is C11H16Cl2N2. The molecule has 3 N–H and O–H groups in total. The molecule has 0 spiro atoms. The van der Waals surface area contributed by atoms with Gasteiger partial charge in [0.05, 0.1) is 15.7 Å². The van der Waals surface area contributed by atoms with Crippen LogP contribution in [0.2, 0.25) is 10.0 Å². The molecule has 15 heavy (non-hydrogen) atoms. The van der Waals surface area contributed by atoms with Crippen molar-refractivity contribution in [1.82, 2.24) is 0 Å². The van der Waals surface area contributed by atoms with Gasteiger partial charge in [-0.05, 0) is 18.1 Å². The number of benzene rings is 1. The summed E-state index contributed by atoms with van der Waals surface area (Å²) >= 11 is 12.1. The Kier molecular flexibility index (Phi) is 4.55. The first-order chi connectivity index (χ1) is 7.04. The quantitative estimate of drug-likeness (QED) is 0.788. The molecule has 0 saturated carbocycles. The Balaban J connectivity index is 2.77. The molecule has 0 radical (unpaired) electrons. The summed E-state index contributed by atoms with van der Waals surface area (Å²) in [5.74, 6) is 0.592. The molecule has 0 aliphatic heterocycles. The zero-order valence-corrected chi connectivity index (χ0v) is 10.5. The Labute approximate surface area is 101 Å². The topological polar surface area (TPSA) is 38.0 Å². The van der Waals surface area contributed by atoms with Crippen LogP contribution in [0.15, 0.2) is 12.1 Å². The minimum atomic E-state index is 0.573. The van der Waals surface area contributed by atoms with E-state index in [0.29, 0.717) is 21.7 Å². The number of rotatable bonds is 4. The number of hydrogen-bond donors (Lipinski definition) is 2. The van der Waals surface area contributed by atoms with Crippen LogP contribution >= 0.6 is 23.2 Å². The normalized spacial score (nSPS) is 12.5. The molecule has 4 heteroatoms. The molecule has 0 heterocycles. The first-order valence-corrected chi connectivity index (χ1v) is 5.78. The van der Waals surface area contributed by atoms with E-state index >= 15 is 0 Å². The molecule has 2 nitrogen and oxygen atoms in total. The Hall–Kier alpha value is -0.600. The highest BCUT2D eigenvalue weighted by Gasteiger charge is 2.07. The molecule has 0 fully saturated rings. The summed E-state index contributed by atoms with van der Waals surface area (Å²) in [6, 6.07) is 3.40. The molecule has 1 aromatic rings. The molecule has 1 atom stereocenters. The molecule has 84 valence electrons. The third-order valence-corrected chi connectivity index (χ3v) is 2.98. The lowest BCUT2D eigenvalue weighted by Gasteiger charge is -2.14. The van der Waals surface area contributed by atoms with Crippen molar-refractivity contribution in [2.24, 2.45) is 5.92 Å². The standard InChI is InChI=1S/C11H16Cl2N2/c1-3-7(2)6-15-11-9(12)4-8(14)5-10(11)13/h4-5,7,15H,3,6,14H2,1-2H3. The number of nitrogen functional groups attached to an aromatic ring is 1. The van der Waals surface area contributed by atoms with E-state index in [1.165, 1.54) is 0 Å². The fourth-order valence-corrected chi connectivity index (χ4v) is 1.82. The van der Waals surface area contributed by atoms with Gasteiger partial charge in [0.15, 0.2) is 0 Å². The number of nitrogens with one attached hydrogen (secondary N) is 1. The van der Waals surface area contributed by atoms with Gasteiger partial charge in [-0.25, -0.2) is 0 Å². The minimum absolute atomic E-state index is 0.573. The third kappa shape index (κ3) is 3.47. The fourth-order valence-electron chi connectivity index (χ4n) is 1.18. The summed E-state index contributed by atoms with van der Waals surface area (Å²) in [7, 11) is 0. The summed E-state index contributed by atoms with van der Waals surface area (Å²) in [4.78, 5) is 0. The van der Waals surface area contributed by atoms with Gasteiger partial charge in [-0.15, -0.1) is 0 Å². The predicted octanol–water partition coefficient (Wildman–Crippen LogP) is 4.03. The lowest BCUT2D eigenvalue weighted by Crippen LogP contribution is -2.11. The molecule has 1 aromatic carbocycles. The largest absolute Gasteiger partial charge is 0.399 e. The van der Waals surface area contributed by atoms with Crippen LogP contribution in [0, 0.1) is 5.92 Å². The van der Waals surface area contributed by atoms with E-state index in [-0.39, 0.29) is 0 Å². The van der Waals surface area contributed by atoms with Crippen molar-refractivity contribution < 1.29 is 0 Å². The highest BCUT2D eigenvalue weighted by Crippen LogP contribution is 2.32. The zero-order valence-electron chi connectivity index (χ0n) is 8.98. The van der Waals surface area contributed by atoms with Crippen LogP contribution in [0.25, 0.3) is 0 Å². The average molecular weight is 247 g/mol. The third-order valence-electron chi connectivity index (χ3n) is 2.39. The van der Waals surface area contributed by atoms with Gasteiger partial charge in [-0.1, -0.05) is 43.5 Å². The average Bonchev–Trinajstić information content (AvgIpc) is 2.15. The van der Waals surface area contributed by atoms with Crippen LogP contribution in [0.4, 0.5) is 11.4 Å². The zero-order chi connectivity index (χ0) is 11.4. The van der Waals surface area contributed by atoms with Gasteiger partial charge in [0.1, 0.15) is 0 Å². The molecule has 0 amide bonds. The molecule has 0 aliphatic carbocycles. The Morgan fingerprint density at radius 1 is 1.33 bits per heavy atom. The maximum Gasteiger partial charge on any atom is 0.0720 e. The van der Waals surface area contributed by atoms with Gasteiger partial charge in [0.2, 0.25) is 0 Å². The lowest BCUT2D eigenvalue weighted by atomic mass is 10.1. The highest BCUT2D eigenvalue weighted by molar-refractivity contribution is 6.39. The predicted molar refractivity (Wildman–Crippen MR) is 68.8 cm³/mol. The molecular weight excluding hydrogens is 231 g/mol. The van der Waals surface area contributed by atoms with Gasteiger partial charge >= 0.3 is 0 Å². The first kappa shape index (κ1) is 12.5. The van der Waals surface area contributed by atoms with Crippen molar-refractivity contribution in [3.8, 4) is 0 Å². The number of nitrogens with two attached hydrogens (primary N) is 1. The fraction of sp³-hybridized carbons (Fsp3) is 0.455. The second-order valence-electron chi connectivity index (χ2n) is 3.75. The van der Waals surface area contributed by atoms with Crippen molar-refractivity contribution in [3.63, 3.8) is 0 Å². The van der Waals surface area contributed by atoms with Crippen molar-refractivity contribution >= 4 is 34.6 Å². The van der Waals surface area contributed by atoms with Gasteiger partial charge < -0.3 is 11.1 Å². The molecule has 0 saturated heterocycles. The summed E-state index contributed by atoms with van der Waals surface area (Å²) in [6.07, 6.45) is 1.12. The monoisotopic (exact) mass is 246 g/mol. The first-order valence-electron chi connectivity index (χ1n) is 5.03. The second-order valence-corrected chi connectivity index (χ2v) is 4.57. The second kappa shape index (κ2) is 5.47. The van der Waals surface area contributed by atoms with E-state index in [0.717, 1.165) is 18.7 Å². The van der Waals surface area contributed by atoms with Crippen LogP contribution < -0.4 is 11.1 Å². The minimum Gasteiger partial charge on any atom is -0.399 e. The Morgan fingerprint density at radius 3 is 2.33 bits per heavy atom. The summed E-state index contributed by atoms with van der Waals surface area (Å²) in [5, 5.41) is 4.38. The Morgan fingerprint density at radius 2 is 1.87 bits per heavy atom. The molecule has 0 bridgehead atoms.